The van der Waals surface area contributed by atoms with Gasteiger partial charge in [-0.15, -0.1) is 0 Å². The summed E-state index contributed by atoms with van der Waals surface area (Å²) in [4.78, 5) is 4.05. The maximum Gasteiger partial charge on any atom is 0.190 e. The fourth-order valence-electron chi connectivity index (χ4n) is 1.30. The predicted octanol–water partition coefficient (Wildman–Crippen LogP) is 0.580. The largest absolute Gasteiger partial charge is 0.359 e. The first kappa shape index (κ1) is 8.37. The van der Waals surface area contributed by atoms with Crippen molar-refractivity contribution in [3.8, 4) is 0 Å². The Morgan fingerprint density at radius 2 is 2.36 bits per heavy atom. The van der Waals surface area contributed by atoms with Crippen LogP contribution in [0.25, 0.3) is 0 Å². The molecule has 0 bridgehead atoms. The van der Waals surface area contributed by atoms with Crippen molar-refractivity contribution in [2.24, 2.45) is 10.9 Å². The van der Waals surface area contributed by atoms with Gasteiger partial charge >= 0.3 is 0 Å². The van der Waals surface area contributed by atoms with Crippen molar-refractivity contribution in [3.63, 3.8) is 0 Å². The highest BCUT2D eigenvalue weighted by Gasteiger charge is 2.35. The molecule has 3 nitrogen and oxygen atoms in total. The van der Waals surface area contributed by atoms with Gasteiger partial charge in [-0.1, -0.05) is 13.3 Å². The van der Waals surface area contributed by atoms with E-state index in [1.54, 1.807) is 7.05 Å². The average molecular weight is 155 g/mol. The molecule has 0 aliphatic heterocycles. The van der Waals surface area contributed by atoms with Gasteiger partial charge in [-0.05, 0) is 12.3 Å². The Balaban J connectivity index is 2.22. The van der Waals surface area contributed by atoms with E-state index in [4.69, 9.17) is 0 Å². The molecule has 2 atom stereocenters. The molecule has 0 radical (unpaired) electrons. The Hall–Kier alpha value is -0.730. The number of rotatable bonds is 2. The van der Waals surface area contributed by atoms with E-state index < -0.39 is 0 Å². The van der Waals surface area contributed by atoms with Crippen LogP contribution in [0.4, 0.5) is 0 Å². The van der Waals surface area contributed by atoms with Crippen molar-refractivity contribution in [2.75, 3.05) is 14.1 Å². The summed E-state index contributed by atoms with van der Waals surface area (Å²) in [5.74, 6) is 1.78. The first-order valence-corrected chi connectivity index (χ1v) is 4.22. The summed E-state index contributed by atoms with van der Waals surface area (Å²) < 4.78 is 0. The van der Waals surface area contributed by atoms with Gasteiger partial charge in [0, 0.05) is 20.1 Å². The number of aliphatic imine (C=N–C) groups is 1. The fourth-order valence-corrected chi connectivity index (χ4v) is 1.30. The molecule has 1 aliphatic rings. The summed E-state index contributed by atoms with van der Waals surface area (Å²) in [6.45, 7) is 2.23. The molecule has 0 spiro atoms. The first-order valence-electron chi connectivity index (χ1n) is 4.22. The minimum absolute atomic E-state index is 0.672. The third-order valence-electron chi connectivity index (χ3n) is 2.23. The summed E-state index contributed by atoms with van der Waals surface area (Å²) in [6.07, 6.45) is 2.58. The van der Waals surface area contributed by atoms with Crippen LogP contribution in [0.15, 0.2) is 4.99 Å². The van der Waals surface area contributed by atoms with Gasteiger partial charge in [0.25, 0.3) is 0 Å². The maximum atomic E-state index is 4.05. The van der Waals surface area contributed by atoms with Crippen LogP contribution in [0.5, 0.6) is 0 Å². The van der Waals surface area contributed by atoms with E-state index in [1.807, 2.05) is 7.05 Å². The van der Waals surface area contributed by atoms with Crippen LogP contribution >= 0.6 is 0 Å². The van der Waals surface area contributed by atoms with E-state index >= 15 is 0 Å². The van der Waals surface area contributed by atoms with E-state index in [0.29, 0.717) is 6.04 Å². The van der Waals surface area contributed by atoms with Gasteiger partial charge in [-0.2, -0.15) is 0 Å². The van der Waals surface area contributed by atoms with Crippen molar-refractivity contribution >= 4 is 5.96 Å². The molecule has 1 fully saturated rings. The molecule has 0 aromatic rings. The number of hydrogen-bond acceptors (Lipinski definition) is 1. The minimum Gasteiger partial charge on any atom is -0.359 e. The fraction of sp³-hybridized carbons (Fsp3) is 0.875. The third-order valence-corrected chi connectivity index (χ3v) is 2.23. The van der Waals surface area contributed by atoms with Crippen LogP contribution in [0, 0.1) is 5.92 Å². The molecule has 0 aromatic heterocycles. The molecule has 0 unspecified atom stereocenters. The van der Waals surface area contributed by atoms with Gasteiger partial charge in [0.1, 0.15) is 0 Å². The molecular formula is C8H17N3. The molecule has 0 saturated heterocycles. The summed E-state index contributed by atoms with van der Waals surface area (Å²) in [5, 5.41) is 6.34. The van der Waals surface area contributed by atoms with Gasteiger partial charge in [-0.3, -0.25) is 4.99 Å². The van der Waals surface area contributed by atoms with Gasteiger partial charge in [0.05, 0.1) is 0 Å². The second-order valence-corrected chi connectivity index (χ2v) is 2.98. The summed E-state index contributed by atoms with van der Waals surface area (Å²) >= 11 is 0. The monoisotopic (exact) mass is 155 g/mol. The standard InChI is InChI=1S/C8H17N3/c1-4-6-5-7(6)11-8(9-2)10-3/h6-7H,4-5H2,1-3H3,(H2,9,10,11)/t6-,7-/m1/s1. The average Bonchev–Trinajstić information content (AvgIpc) is 2.78. The Morgan fingerprint density at radius 1 is 1.64 bits per heavy atom. The van der Waals surface area contributed by atoms with Gasteiger partial charge in [0.15, 0.2) is 5.96 Å². The van der Waals surface area contributed by atoms with Crippen molar-refractivity contribution in [2.45, 2.75) is 25.8 Å². The molecular weight excluding hydrogens is 138 g/mol. The van der Waals surface area contributed by atoms with Gasteiger partial charge in [-0.25, -0.2) is 0 Å². The second kappa shape index (κ2) is 3.60. The highest BCUT2D eigenvalue weighted by Crippen LogP contribution is 2.32. The molecule has 0 aromatic carbocycles. The zero-order valence-corrected chi connectivity index (χ0v) is 7.52. The van der Waals surface area contributed by atoms with Crippen LogP contribution in [-0.4, -0.2) is 26.1 Å². The topological polar surface area (TPSA) is 36.4 Å². The lowest BCUT2D eigenvalue weighted by Gasteiger charge is -2.06. The molecule has 0 amide bonds. The summed E-state index contributed by atoms with van der Waals surface area (Å²) in [6, 6.07) is 0.672. The number of guanidine groups is 1. The normalized spacial score (nSPS) is 29.9. The lowest BCUT2D eigenvalue weighted by Crippen LogP contribution is -2.36. The smallest absolute Gasteiger partial charge is 0.190 e. The van der Waals surface area contributed by atoms with Crippen molar-refractivity contribution < 1.29 is 0 Å². The predicted molar refractivity (Wildman–Crippen MR) is 47.7 cm³/mol. The van der Waals surface area contributed by atoms with Crippen LogP contribution in [-0.2, 0) is 0 Å². The second-order valence-electron chi connectivity index (χ2n) is 2.98. The quantitative estimate of drug-likeness (QED) is 0.452. The SMILES string of the molecule is CC[C@@H]1C[C@H]1NC(=NC)NC. The molecule has 64 valence electrons. The number of nitrogens with one attached hydrogen (secondary N) is 2. The van der Waals surface area contributed by atoms with Crippen LogP contribution in [0.2, 0.25) is 0 Å². The molecule has 11 heavy (non-hydrogen) atoms. The number of nitrogens with zero attached hydrogens (tertiary/aromatic N) is 1. The van der Waals surface area contributed by atoms with Crippen molar-refractivity contribution in [1.82, 2.24) is 10.6 Å². The van der Waals surface area contributed by atoms with Crippen LogP contribution < -0.4 is 10.6 Å². The van der Waals surface area contributed by atoms with Crippen LogP contribution in [0.3, 0.4) is 0 Å². The van der Waals surface area contributed by atoms with E-state index in [9.17, 15) is 0 Å². The maximum absolute atomic E-state index is 4.05. The number of hydrogen-bond donors (Lipinski definition) is 2. The highest BCUT2D eigenvalue weighted by atomic mass is 15.2. The molecule has 1 rings (SSSR count). The van der Waals surface area contributed by atoms with E-state index in [-0.39, 0.29) is 0 Å². The lowest BCUT2D eigenvalue weighted by atomic mass is 10.3. The van der Waals surface area contributed by atoms with Crippen molar-refractivity contribution in [1.29, 1.82) is 0 Å². The minimum atomic E-state index is 0.672. The van der Waals surface area contributed by atoms with E-state index in [0.717, 1.165) is 11.9 Å². The summed E-state index contributed by atoms with van der Waals surface area (Å²) in [5.41, 5.74) is 0. The lowest BCUT2D eigenvalue weighted by molar-refractivity contribution is 0.714. The molecule has 0 heterocycles. The first-order chi connectivity index (χ1) is 5.31. The molecule has 2 N–H and O–H groups in total. The van der Waals surface area contributed by atoms with Crippen molar-refractivity contribution in [3.05, 3.63) is 0 Å². The molecule has 1 saturated carbocycles. The van der Waals surface area contributed by atoms with Gasteiger partial charge in [0.2, 0.25) is 0 Å². The Kier molecular flexibility index (Phi) is 2.74. The van der Waals surface area contributed by atoms with E-state index in [2.05, 4.69) is 22.5 Å². The van der Waals surface area contributed by atoms with Crippen LogP contribution in [0.1, 0.15) is 19.8 Å². The third kappa shape index (κ3) is 2.10. The Morgan fingerprint density at radius 3 is 2.73 bits per heavy atom. The zero-order chi connectivity index (χ0) is 8.27. The molecule has 3 heteroatoms. The van der Waals surface area contributed by atoms with Gasteiger partial charge < -0.3 is 10.6 Å². The molecule has 1 aliphatic carbocycles. The Labute approximate surface area is 68.3 Å². The summed E-state index contributed by atoms with van der Waals surface area (Å²) in [7, 11) is 3.68. The van der Waals surface area contributed by atoms with E-state index in [1.165, 1.54) is 12.8 Å². The highest BCUT2D eigenvalue weighted by molar-refractivity contribution is 5.79. The Bertz CT molecular complexity index is 153. The zero-order valence-electron chi connectivity index (χ0n) is 7.52.